The van der Waals surface area contributed by atoms with Gasteiger partial charge in [-0.2, -0.15) is 4.98 Å². The molecule has 0 bridgehead atoms. The lowest BCUT2D eigenvalue weighted by Gasteiger charge is -2.26. The van der Waals surface area contributed by atoms with Gasteiger partial charge in [-0.15, -0.1) is 11.3 Å². The van der Waals surface area contributed by atoms with Crippen molar-refractivity contribution < 1.29 is 14.6 Å². The molecule has 10 heteroatoms. The number of carboxylic acids is 1. The number of hydrogen-bond donors (Lipinski definition) is 2. The fourth-order valence-corrected chi connectivity index (χ4v) is 3.53. The van der Waals surface area contributed by atoms with Crippen LogP contribution in [0.3, 0.4) is 0 Å². The minimum atomic E-state index is -0.975. The summed E-state index contributed by atoms with van der Waals surface area (Å²) in [6.07, 6.45) is 2.03. The van der Waals surface area contributed by atoms with Crippen LogP contribution in [0, 0.1) is 6.92 Å². The van der Waals surface area contributed by atoms with Crippen LogP contribution in [0.1, 0.15) is 27.2 Å². The smallest absolute Gasteiger partial charge is 0.345 e. The average molecular weight is 361 g/mol. The maximum atomic E-state index is 12.4. The molecule has 1 saturated heterocycles. The number of anilines is 2. The number of ether oxygens (including phenoxy) is 1. The summed E-state index contributed by atoms with van der Waals surface area (Å²) >= 11 is 1.18. The summed E-state index contributed by atoms with van der Waals surface area (Å²) in [6.45, 7) is 2.44. The molecule has 0 spiro atoms. The summed E-state index contributed by atoms with van der Waals surface area (Å²) in [6, 6.07) is 1.54. The molecular weight excluding hydrogens is 346 g/mol. The van der Waals surface area contributed by atoms with Gasteiger partial charge in [-0.1, -0.05) is 0 Å². The van der Waals surface area contributed by atoms with Crippen molar-refractivity contribution in [1.82, 2.24) is 19.1 Å². The first kappa shape index (κ1) is 15.8. The van der Waals surface area contributed by atoms with Gasteiger partial charge in [-0.3, -0.25) is 4.57 Å². The number of nitrogens with one attached hydrogen (secondary N) is 1. The highest BCUT2D eigenvalue weighted by Crippen LogP contribution is 2.29. The van der Waals surface area contributed by atoms with E-state index in [2.05, 4.69) is 15.3 Å². The molecule has 1 atom stereocenters. The van der Waals surface area contributed by atoms with Crippen LogP contribution in [-0.4, -0.2) is 36.8 Å². The molecule has 0 radical (unpaired) electrons. The minimum absolute atomic E-state index is 0.203. The van der Waals surface area contributed by atoms with Gasteiger partial charge in [-0.05, 0) is 13.0 Å². The Morgan fingerprint density at radius 2 is 2.28 bits per heavy atom. The molecule has 2 N–H and O–H groups in total. The van der Waals surface area contributed by atoms with Gasteiger partial charge < -0.3 is 15.2 Å². The largest absolute Gasteiger partial charge is 0.477 e. The zero-order valence-corrected chi connectivity index (χ0v) is 14.3. The molecule has 0 aromatic carbocycles. The quantitative estimate of drug-likeness (QED) is 0.729. The Kier molecular flexibility index (Phi) is 3.58. The highest BCUT2D eigenvalue weighted by molar-refractivity contribution is 7.14. The molecular formula is C15H15N5O4S. The summed E-state index contributed by atoms with van der Waals surface area (Å²) in [4.78, 5) is 33.2. The first-order valence-electron chi connectivity index (χ1n) is 7.62. The van der Waals surface area contributed by atoms with Crippen molar-refractivity contribution in [1.29, 1.82) is 0 Å². The molecule has 4 heterocycles. The van der Waals surface area contributed by atoms with Crippen LogP contribution < -0.4 is 11.0 Å². The molecule has 4 rings (SSSR count). The number of thiophene rings is 1. The van der Waals surface area contributed by atoms with Crippen molar-refractivity contribution in [3.8, 4) is 0 Å². The van der Waals surface area contributed by atoms with Crippen LogP contribution in [0.15, 0.2) is 17.1 Å². The lowest BCUT2D eigenvalue weighted by molar-refractivity contribution is -0.0993. The summed E-state index contributed by atoms with van der Waals surface area (Å²) in [7, 11) is 1.67. The molecule has 3 aromatic rings. The zero-order chi connectivity index (χ0) is 17.7. The number of hydrogen-bond acceptors (Lipinski definition) is 7. The van der Waals surface area contributed by atoms with Crippen molar-refractivity contribution in [2.45, 2.75) is 19.6 Å². The van der Waals surface area contributed by atoms with E-state index in [-0.39, 0.29) is 16.8 Å². The van der Waals surface area contributed by atoms with Crippen LogP contribution in [0.25, 0.3) is 11.2 Å². The second-order valence-electron chi connectivity index (χ2n) is 5.74. The fourth-order valence-electron chi connectivity index (χ4n) is 2.71. The predicted octanol–water partition coefficient (Wildman–Crippen LogP) is 1.86. The summed E-state index contributed by atoms with van der Waals surface area (Å²) in [5, 5.41) is 12.1. The highest BCUT2D eigenvalue weighted by Gasteiger charge is 2.26. The molecule has 1 aliphatic rings. The van der Waals surface area contributed by atoms with Gasteiger partial charge in [-0.25, -0.2) is 19.1 Å². The van der Waals surface area contributed by atoms with E-state index in [1.807, 2.05) is 6.92 Å². The second kappa shape index (κ2) is 5.67. The Balaban J connectivity index is 1.76. The van der Waals surface area contributed by atoms with Crippen LogP contribution in [0.2, 0.25) is 0 Å². The summed E-state index contributed by atoms with van der Waals surface area (Å²) < 4.78 is 8.44. The number of imidazole rings is 1. The van der Waals surface area contributed by atoms with Gasteiger partial charge >= 0.3 is 11.7 Å². The molecule has 0 aliphatic carbocycles. The van der Waals surface area contributed by atoms with Gasteiger partial charge in [0.15, 0.2) is 5.65 Å². The van der Waals surface area contributed by atoms with Crippen molar-refractivity contribution in [2.24, 2.45) is 7.05 Å². The molecule has 1 unspecified atom stereocenters. The van der Waals surface area contributed by atoms with Gasteiger partial charge in [0.25, 0.3) is 0 Å². The first-order valence-corrected chi connectivity index (χ1v) is 8.43. The van der Waals surface area contributed by atoms with Crippen molar-refractivity contribution in [2.75, 3.05) is 11.9 Å². The Hall–Kier alpha value is -2.72. The number of aromatic carboxylic acids is 1. The molecule has 9 nitrogen and oxygen atoms in total. The molecule has 25 heavy (non-hydrogen) atoms. The summed E-state index contributed by atoms with van der Waals surface area (Å²) in [5.41, 5.74) is 1.53. The van der Waals surface area contributed by atoms with Crippen LogP contribution in [0.5, 0.6) is 0 Å². The highest BCUT2D eigenvalue weighted by atomic mass is 32.1. The maximum Gasteiger partial charge on any atom is 0.345 e. The molecule has 0 saturated carbocycles. The number of aromatic nitrogens is 4. The zero-order valence-electron chi connectivity index (χ0n) is 13.5. The van der Waals surface area contributed by atoms with Gasteiger partial charge in [0.1, 0.15) is 16.6 Å². The Bertz CT molecular complexity index is 1050. The number of nitrogens with zero attached hydrogens (tertiary/aromatic N) is 4. The second-order valence-corrected chi connectivity index (χ2v) is 7.00. The molecule has 1 fully saturated rings. The normalized spacial score (nSPS) is 16.8. The lowest BCUT2D eigenvalue weighted by Crippen LogP contribution is -2.33. The molecule has 130 valence electrons. The topological polar surface area (TPSA) is 111 Å². The van der Waals surface area contributed by atoms with Gasteiger partial charge in [0.2, 0.25) is 5.95 Å². The maximum absolute atomic E-state index is 12.4. The van der Waals surface area contributed by atoms with E-state index >= 15 is 0 Å². The predicted molar refractivity (Wildman–Crippen MR) is 91.7 cm³/mol. The number of carbonyl (C=O) groups is 1. The van der Waals surface area contributed by atoms with E-state index in [1.165, 1.54) is 20.5 Å². The number of aryl methyl sites for hydroxylation is 2. The SMILES string of the molecule is Cc1sc(C(=O)O)cc1Nc1ncc2c(n1)n(C1CCO1)c(=O)n2C. The third-order valence-corrected chi connectivity index (χ3v) is 5.21. The van der Waals surface area contributed by atoms with Crippen molar-refractivity contribution >= 4 is 40.1 Å². The van der Waals surface area contributed by atoms with Crippen LogP contribution >= 0.6 is 11.3 Å². The monoisotopic (exact) mass is 361 g/mol. The van der Waals surface area contributed by atoms with Gasteiger partial charge in [0.05, 0.1) is 18.5 Å². The Morgan fingerprint density at radius 3 is 2.88 bits per heavy atom. The Labute approximate surface area is 145 Å². The number of carboxylic acid groups (broad SMARTS) is 1. The average Bonchev–Trinajstić information content (AvgIpc) is 3.00. The molecule has 1 aliphatic heterocycles. The number of rotatable bonds is 4. The van der Waals surface area contributed by atoms with E-state index < -0.39 is 5.97 Å². The van der Waals surface area contributed by atoms with E-state index in [9.17, 15) is 9.59 Å². The number of fused-ring (bicyclic) bond motifs is 1. The van der Waals surface area contributed by atoms with E-state index in [0.29, 0.717) is 29.4 Å². The van der Waals surface area contributed by atoms with Crippen LogP contribution in [0.4, 0.5) is 11.6 Å². The standard InChI is InChI=1S/C15H15N5O4S/c1-7-8(5-10(25-7)13(21)22)17-14-16-6-9-12(18-14)20(11-3-4-24-11)15(23)19(9)2/h5-6,11H,3-4H2,1-2H3,(H,21,22)(H,16,17,18). The lowest BCUT2D eigenvalue weighted by atomic mass is 10.3. The fraction of sp³-hybridized carbons (Fsp3) is 0.333. The minimum Gasteiger partial charge on any atom is -0.477 e. The third kappa shape index (κ3) is 2.50. The third-order valence-electron chi connectivity index (χ3n) is 4.17. The molecule has 3 aromatic heterocycles. The van der Waals surface area contributed by atoms with E-state index in [0.717, 1.165) is 11.3 Å². The van der Waals surface area contributed by atoms with Gasteiger partial charge in [0, 0.05) is 18.3 Å². The summed E-state index contributed by atoms with van der Waals surface area (Å²) in [5.74, 6) is -0.680. The van der Waals surface area contributed by atoms with Crippen molar-refractivity contribution in [3.63, 3.8) is 0 Å². The van der Waals surface area contributed by atoms with Crippen molar-refractivity contribution in [3.05, 3.63) is 32.5 Å². The molecule has 0 amide bonds. The first-order chi connectivity index (χ1) is 12.0. The van der Waals surface area contributed by atoms with Crippen LogP contribution in [-0.2, 0) is 11.8 Å². The van der Waals surface area contributed by atoms with E-state index in [1.54, 1.807) is 19.3 Å². The van der Waals surface area contributed by atoms with E-state index in [4.69, 9.17) is 9.84 Å². The Morgan fingerprint density at radius 1 is 1.52 bits per heavy atom.